The first-order valence-corrected chi connectivity index (χ1v) is 8.47. The number of hydrogen-bond donors (Lipinski definition) is 2. The number of nitrogens with one attached hydrogen (secondary N) is 2. The summed E-state index contributed by atoms with van der Waals surface area (Å²) in [6.45, 7) is 2.01. The molecule has 0 aliphatic heterocycles. The lowest BCUT2D eigenvalue weighted by Crippen LogP contribution is -2.26. The highest BCUT2D eigenvalue weighted by Crippen LogP contribution is 2.20. The molecule has 0 aromatic heterocycles. The van der Waals surface area contributed by atoms with Crippen molar-refractivity contribution in [1.29, 1.82) is 0 Å². The molecule has 2 rings (SSSR count). The Kier molecular flexibility index (Phi) is 6.78. The molecule has 2 aromatic carbocycles. The maximum Gasteiger partial charge on any atom is 0.251 e. The van der Waals surface area contributed by atoms with Crippen LogP contribution in [0.1, 0.15) is 40.9 Å². The lowest BCUT2D eigenvalue weighted by molar-refractivity contribution is -0.117. The monoisotopic (exact) mass is 356 g/mol. The molecule has 0 fully saturated rings. The molecule has 0 radical (unpaired) electrons. The van der Waals surface area contributed by atoms with Gasteiger partial charge in [0, 0.05) is 23.7 Å². The molecule has 1 atom stereocenters. The second kappa shape index (κ2) is 9.04. The number of benzene rings is 2. The van der Waals surface area contributed by atoms with E-state index in [2.05, 4.69) is 10.6 Å². The van der Waals surface area contributed by atoms with Crippen LogP contribution in [0.5, 0.6) is 0 Å². The molecule has 0 saturated carbocycles. The molecule has 1 unspecified atom stereocenters. The molecule has 0 aliphatic rings. The van der Waals surface area contributed by atoms with E-state index in [0.29, 0.717) is 10.6 Å². The quantitative estimate of drug-likeness (QED) is 0.769. The van der Waals surface area contributed by atoms with Gasteiger partial charge in [-0.15, -0.1) is 0 Å². The zero-order chi connectivity index (χ0) is 18.2. The van der Waals surface area contributed by atoms with Crippen LogP contribution in [0.25, 0.3) is 6.08 Å². The van der Waals surface area contributed by atoms with E-state index >= 15 is 0 Å². The summed E-state index contributed by atoms with van der Waals surface area (Å²) in [4.78, 5) is 23.7. The first kappa shape index (κ1) is 18.7. The first-order chi connectivity index (χ1) is 12.0. The highest BCUT2D eigenvalue weighted by Gasteiger charge is 2.11. The molecule has 0 spiro atoms. The van der Waals surface area contributed by atoms with E-state index in [4.69, 9.17) is 11.6 Å². The molecule has 2 N–H and O–H groups in total. The van der Waals surface area contributed by atoms with Crippen molar-refractivity contribution in [3.8, 4) is 0 Å². The van der Waals surface area contributed by atoms with Crippen molar-refractivity contribution in [2.75, 3.05) is 7.05 Å². The fourth-order valence-corrected chi connectivity index (χ4v) is 2.62. The van der Waals surface area contributed by atoms with Gasteiger partial charge in [-0.2, -0.15) is 0 Å². The van der Waals surface area contributed by atoms with Gasteiger partial charge in [0.1, 0.15) is 0 Å². The average Bonchev–Trinajstić information content (AvgIpc) is 2.64. The van der Waals surface area contributed by atoms with Crippen molar-refractivity contribution < 1.29 is 9.59 Å². The maximum absolute atomic E-state index is 12.2. The Hall–Kier alpha value is -2.59. The molecule has 2 aromatic rings. The van der Waals surface area contributed by atoms with Gasteiger partial charge in [0.25, 0.3) is 5.91 Å². The van der Waals surface area contributed by atoms with E-state index in [0.717, 1.165) is 17.5 Å². The minimum absolute atomic E-state index is 0.0912. The van der Waals surface area contributed by atoms with Gasteiger partial charge in [-0.1, -0.05) is 42.8 Å². The van der Waals surface area contributed by atoms with Gasteiger partial charge < -0.3 is 10.6 Å². The number of hydrogen-bond acceptors (Lipinski definition) is 2. The van der Waals surface area contributed by atoms with E-state index in [1.54, 1.807) is 37.4 Å². The summed E-state index contributed by atoms with van der Waals surface area (Å²) in [6, 6.07) is 14.4. The van der Waals surface area contributed by atoms with Crippen molar-refractivity contribution in [2.45, 2.75) is 19.4 Å². The minimum atomic E-state index is -0.179. The van der Waals surface area contributed by atoms with Crippen LogP contribution in [0.4, 0.5) is 0 Å². The Morgan fingerprint density at radius 1 is 1.16 bits per heavy atom. The summed E-state index contributed by atoms with van der Waals surface area (Å²) in [6.07, 6.45) is 3.97. The number of carbonyl (C=O) groups is 2. The normalized spacial score (nSPS) is 12.0. The summed E-state index contributed by atoms with van der Waals surface area (Å²) in [5, 5.41) is 6.19. The summed E-state index contributed by atoms with van der Waals surface area (Å²) in [5.74, 6) is -0.317. The van der Waals surface area contributed by atoms with E-state index in [1.807, 2.05) is 31.2 Å². The van der Waals surface area contributed by atoms with Crippen LogP contribution in [0.3, 0.4) is 0 Å². The average molecular weight is 357 g/mol. The molecule has 4 nitrogen and oxygen atoms in total. The third-order valence-corrected chi connectivity index (χ3v) is 4.04. The summed E-state index contributed by atoms with van der Waals surface area (Å²) in [7, 11) is 1.59. The predicted molar refractivity (Wildman–Crippen MR) is 101 cm³/mol. The number of rotatable bonds is 6. The smallest absolute Gasteiger partial charge is 0.251 e. The molecule has 0 bridgehead atoms. The van der Waals surface area contributed by atoms with Crippen molar-refractivity contribution in [3.05, 3.63) is 76.3 Å². The second-order valence-electron chi connectivity index (χ2n) is 5.56. The van der Waals surface area contributed by atoms with Crippen LogP contribution in [-0.4, -0.2) is 18.9 Å². The topological polar surface area (TPSA) is 58.2 Å². The minimum Gasteiger partial charge on any atom is -0.355 e. The number of halogens is 1. The van der Waals surface area contributed by atoms with Gasteiger partial charge in [0.05, 0.1) is 6.04 Å². The standard InChI is InChI=1S/C20H21ClN2O2/c1-3-18(16-5-4-6-17(21)13-16)23-19(24)12-9-14-7-10-15(11-8-14)20(25)22-2/h4-13,18H,3H2,1-2H3,(H,22,25)(H,23,24)/b12-9+. The lowest BCUT2D eigenvalue weighted by Gasteiger charge is -2.16. The number of amides is 2. The van der Waals surface area contributed by atoms with Crippen molar-refractivity contribution in [3.63, 3.8) is 0 Å². The van der Waals surface area contributed by atoms with Crippen LogP contribution < -0.4 is 10.6 Å². The van der Waals surface area contributed by atoms with Crippen LogP contribution in [-0.2, 0) is 4.79 Å². The van der Waals surface area contributed by atoms with Gasteiger partial charge >= 0.3 is 0 Å². The summed E-state index contributed by atoms with van der Waals surface area (Å²) < 4.78 is 0. The molecule has 0 aliphatic carbocycles. The fraction of sp³-hybridized carbons (Fsp3) is 0.200. The van der Waals surface area contributed by atoms with E-state index < -0.39 is 0 Å². The van der Waals surface area contributed by atoms with Crippen LogP contribution in [0.15, 0.2) is 54.6 Å². The van der Waals surface area contributed by atoms with Crippen molar-refractivity contribution >= 4 is 29.5 Å². The SMILES string of the molecule is CCC(NC(=O)/C=C/c1ccc(C(=O)NC)cc1)c1cccc(Cl)c1. The highest BCUT2D eigenvalue weighted by atomic mass is 35.5. The highest BCUT2D eigenvalue weighted by molar-refractivity contribution is 6.30. The Bertz CT molecular complexity index is 770. The van der Waals surface area contributed by atoms with Gasteiger partial charge in [-0.25, -0.2) is 0 Å². The zero-order valence-corrected chi connectivity index (χ0v) is 15.0. The van der Waals surface area contributed by atoms with Crippen molar-refractivity contribution in [1.82, 2.24) is 10.6 Å². The van der Waals surface area contributed by atoms with Crippen LogP contribution >= 0.6 is 11.6 Å². The van der Waals surface area contributed by atoms with Gasteiger partial charge in [-0.3, -0.25) is 9.59 Å². The lowest BCUT2D eigenvalue weighted by atomic mass is 10.0. The molecule has 0 heterocycles. The van der Waals surface area contributed by atoms with Crippen LogP contribution in [0.2, 0.25) is 5.02 Å². The first-order valence-electron chi connectivity index (χ1n) is 8.09. The third-order valence-electron chi connectivity index (χ3n) is 3.80. The van der Waals surface area contributed by atoms with Crippen molar-refractivity contribution in [2.24, 2.45) is 0 Å². The van der Waals surface area contributed by atoms with Gasteiger partial charge in [0.2, 0.25) is 5.91 Å². The van der Waals surface area contributed by atoms with E-state index in [1.165, 1.54) is 6.08 Å². The zero-order valence-electron chi connectivity index (χ0n) is 14.3. The van der Waals surface area contributed by atoms with Gasteiger partial charge in [0.15, 0.2) is 0 Å². The molecule has 0 saturated heterocycles. The molecule has 130 valence electrons. The van der Waals surface area contributed by atoms with E-state index in [-0.39, 0.29) is 17.9 Å². The third kappa shape index (κ3) is 5.47. The Labute approximate surface area is 152 Å². The van der Waals surface area contributed by atoms with E-state index in [9.17, 15) is 9.59 Å². The fourth-order valence-electron chi connectivity index (χ4n) is 2.43. The Balaban J connectivity index is 2.00. The van der Waals surface area contributed by atoms with Gasteiger partial charge in [-0.05, 0) is 47.9 Å². The molecule has 5 heteroatoms. The number of carbonyl (C=O) groups excluding carboxylic acids is 2. The predicted octanol–water partition coefficient (Wildman–Crippen LogP) is 3.98. The molecule has 25 heavy (non-hydrogen) atoms. The largest absolute Gasteiger partial charge is 0.355 e. The molecule has 2 amide bonds. The maximum atomic E-state index is 12.2. The Morgan fingerprint density at radius 3 is 2.48 bits per heavy atom. The molecular weight excluding hydrogens is 336 g/mol. The molecular formula is C20H21ClN2O2. The Morgan fingerprint density at radius 2 is 1.88 bits per heavy atom. The van der Waals surface area contributed by atoms with Crippen LogP contribution in [0, 0.1) is 0 Å². The summed E-state index contributed by atoms with van der Waals surface area (Å²) >= 11 is 6.01. The summed E-state index contributed by atoms with van der Waals surface area (Å²) in [5.41, 5.74) is 2.40. The second-order valence-corrected chi connectivity index (χ2v) is 6.00.